The molecule has 0 unspecified atom stereocenters. The van der Waals surface area contributed by atoms with Crippen molar-refractivity contribution in [2.24, 2.45) is 10.9 Å². The van der Waals surface area contributed by atoms with Gasteiger partial charge in [-0.2, -0.15) is 0 Å². The maximum atomic E-state index is 13.6. The average molecular weight is 586 g/mol. The van der Waals surface area contributed by atoms with E-state index in [4.69, 9.17) is 23.9 Å². The fourth-order valence-electron chi connectivity index (χ4n) is 5.23. The third-order valence-electron chi connectivity index (χ3n) is 7.07. The van der Waals surface area contributed by atoms with Gasteiger partial charge in [-0.25, -0.2) is 9.79 Å². The number of fused-ring (bicyclic) bond motifs is 1. The van der Waals surface area contributed by atoms with Crippen LogP contribution >= 0.6 is 11.8 Å². The predicted molar refractivity (Wildman–Crippen MR) is 156 cm³/mol. The molecule has 0 spiro atoms. The van der Waals surface area contributed by atoms with Gasteiger partial charge in [0, 0.05) is 18.8 Å². The minimum absolute atomic E-state index is 0.0893. The maximum Gasteiger partial charge on any atom is 0.338 e. The number of ether oxygens (including phenoxy) is 4. The molecular weight excluding hydrogens is 546 g/mol. The van der Waals surface area contributed by atoms with Crippen molar-refractivity contribution in [3.63, 3.8) is 0 Å². The third kappa shape index (κ3) is 6.72. The minimum atomic E-state index is -0.714. The van der Waals surface area contributed by atoms with Gasteiger partial charge in [-0.3, -0.25) is 9.59 Å². The zero-order chi connectivity index (χ0) is 29.9. The molecule has 11 heteroatoms. The van der Waals surface area contributed by atoms with Crippen LogP contribution in [-0.4, -0.2) is 72.3 Å². The van der Waals surface area contributed by atoms with Crippen molar-refractivity contribution >= 4 is 34.8 Å². The van der Waals surface area contributed by atoms with Crippen molar-refractivity contribution < 1.29 is 33.3 Å². The van der Waals surface area contributed by atoms with Crippen LogP contribution in [0.25, 0.3) is 0 Å². The normalized spacial score (nSPS) is 20.7. The summed E-state index contributed by atoms with van der Waals surface area (Å²) < 4.78 is 22.0. The molecule has 4 rings (SSSR count). The highest BCUT2D eigenvalue weighted by Crippen LogP contribution is 2.46. The standard InChI is InChI=1S/C30H39N3O7S/c1-8-39-27(35)20-10-9-13-32(16-20)24(34)15-21-17-41-29-31-18(2)25(28(36)40-30(3,4)5)26(33(21)29)19-11-12-22(37-6)23(14-19)38-7/h11-12,14,17,20,26H,8-10,13,15-16H2,1-7H3/t20-,26+/m0/s1. The maximum absolute atomic E-state index is 13.6. The Morgan fingerprint density at radius 1 is 1.12 bits per heavy atom. The quantitative estimate of drug-likeness (QED) is 0.397. The molecule has 0 bridgehead atoms. The van der Waals surface area contributed by atoms with Gasteiger partial charge in [0.2, 0.25) is 5.91 Å². The van der Waals surface area contributed by atoms with E-state index in [-0.39, 0.29) is 24.2 Å². The number of hydrogen-bond donors (Lipinski definition) is 0. The van der Waals surface area contributed by atoms with Crippen molar-refractivity contribution in [3.05, 3.63) is 46.1 Å². The van der Waals surface area contributed by atoms with E-state index < -0.39 is 17.6 Å². The number of benzene rings is 1. The summed E-state index contributed by atoms with van der Waals surface area (Å²) in [5.74, 6) is -0.0833. The Balaban J connectivity index is 1.67. The number of aliphatic imine (C=N–C) groups is 1. The summed E-state index contributed by atoms with van der Waals surface area (Å²) in [6.07, 6.45) is 1.53. The van der Waals surface area contributed by atoms with Gasteiger partial charge in [0.1, 0.15) is 5.60 Å². The van der Waals surface area contributed by atoms with Gasteiger partial charge in [0.15, 0.2) is 16.7 Å². The second-order valence-corrected chi connectivity index (χ2v) is 12.0. The molecule has 41 heavy (non-hydrogen) atoms. The molecule has 0 N–H and O–H groups in total. The lowest BCUT2D eigenvalue weighted by Crippen LogP contribution is -2.44. The summed E-state index contributed by atoms with van der Waals surface area (Å²) in [6, 6.07) is 4.90. The first kappa shape index (κ1) is 30.5. The molecule has 3 heterocycles. The van der Waals surface area contributed by atoms with Crippen LogP contribution in [0.15, 0.2) is 45.6 Å². The number of carbonyl (C=O) groups excluding carboxylic acids is 3. The summed E-state index contributed by atoms with van der Waals surface area (Å²) in [6.45, 7) is 10.3. The van der Waals surface area contributed by atoms with E-state index in [1.165, 1.54) is 11.8 Å². The summed E-state index contributed by atoms with van der Waals surface area (Å²) >= 11 is 1.41. The molecule has 1 fully saturated rings. The smallest absolute Gasteiger partial charge is 0.338 e. The largest absolute Gasteiger partial charge is 0.493 e. The van der Waals surface area contributed by atoms with E-state index in [9.17, 15) is 14.4 Å². The fourth-order valence-corrected chi connectivity index (χ4v) is 6.19. The molecule has 0 aliphatic carbocycles. The number of nitrogens with zero attached hydrogens (tertiary/aromatic N) is 3. The number of esters is 2. The molecule has 3 aliphatic rings. The third-order valence-corrected chi connectivity index (χ3v) is 7.96. The molecule has 0 radical (unpaired) electrons. The van der Waals surface area contributed by atoms with Gasteiger partial charge >= 0.3 is 11.9 Å². The van der Waals surface area contributed by atoms with E-state index in [1.807, 2.05) is 43.2 Å². The fraction of sp³-hybridized carbons (Fsp3) is 0.533. The number of amides is 1. The van der Waals surface area contributed by atoms with Gasteiger partial charge in [0.05, 0.1) is 50.5 Å². The molecule has 1 aromatic carbocycles. The Kier molecular flexibility index (Phi) is 9.36. The zero-order valence-electron chi connectivity index (χ0n) is 24.8. The van der Waals surface area contributed by atoms with Crippen LogP contribution in [0.3, 0.4) is 0 Å². The second-order valence-electron chi connectivity index (χ2n) is 11.1. The number of thioether (sulfide) groups is 1. The lowest BCUT2D eigenvalue weighted by Gasteiger charge is -2.38. The SMILES string of the molecule is CCOC(=O)[C@H]1CCCN(C(=O)CC2=CSC3=NC(C)=C(C(=O)OC(C)(C)C)[C@@H](c4ccc(OC)c(OC)c4)N23)C1. The highest BCUT2D eigenvalue weighted by Gasteiger charge is 2.43. The van der Waals surface area contributed by atoms with Crippen molar-refractivity contribution in [2.45, 2.75) is 65.5 Å². The van der Waals surface area contributed by atoms with Gasteiger partial charge in [-0.1, -0.05) is 17.8 Å². The molecule has 3 aliphatic heterocycles. The van der Waals surface area contributed by atoms with Gasteiger partial charge < -0.3 is 28.7 Å². The Hall–Kier alpha value is -3.47. The van der Waals surface area contributed by atoms with E-state index in [0.717, 1.165) is 12.0 Å². The van der Waals surface area contributed by atoms with Crippen molar-refractivity contribution in [2.75, 3.05) is 33.9 Å². The topological polar surface area (TPSA) is 107 Å². The highest BCUT2D eigenvalue weighted by molar-refractivity contribution is 8.16. The Labute approximate surface area is 245 Å². The van der Waals surface area contributed by atoms with E-state index in [0.29, 0.717) is 59.8 Å². The number of methoxy groups -OCH3 is 2. The first-order chi connectivity index (χ1) is 19.5. The van der Waals surface area contributed by atoms with Gasteiger partial charge in [0.25, 0.3) is 0 Å². The Morgan fingerprint density at radius 3 is 2.51 bits per heavy atom. The number of allylic oxidation sites excluding steroid dienone is 1. The Bertz CT molecular complexity index is 1300. The number of amidine groups is 1. The molecule has 0 aromatic heterocycles. The summed E-state index contributed by atoms with van der Waals surface area (Å²) in [5, 5.41) is 2.57. The van der Waals surface area contributed by atoms with Crippen LogP contribution < -0.4 is 9.47 Å². The van der Waals surface area contributed by atoms with Crippen LogP contribution in [0, 0.1) is 5.92 Å². The van der Waals surface area contributed by atoms with Crippen LogP contribution in [0.4, 0.5) is 0 Å². The molecule has 1 aromatic rings. The number of piperidine rings is 1. The monoisotopic (exact) mass is 585 g/mol. The minimum Gasteiger partial charge on any atom is -0.493 e. The van der Waals surface area contributed by atoms with E-state index >= 15 is 0 Å². The predicted octanol–water partition coefficient (Wildman–Crippen LogP) is 4.81. The molecule has 1 saturated heterocycles. The lowest BCUT2D eigenvalue weighted by molar-refractivity contribution is -0.152. The molecule has 0 saturated carbocycles. The highest BCUT2D eigenvalue weighted by atomic mass is 32.2. The molecular formula is C30H39N3O7S. The average Bonchev–Trinajstić information content (AvgIpc) is 3.32. The molecule has 1 amide bonds. The number of hydrogen-bond acceptors (Lipinski definition) is 10. The number of likely N-dealkylation sites (tertiary alicyclic amines) is 1. The molecule has 10 nitrogen and oxygen atoms in total. The van der Waals surface area contributed by atoms with Crippen molar-refractivity contribution in [1.82, 2.24) is 9.80 Å². The first-order valence-electron chi connectivity index (χ1n) is 13.8. The molecule has 2 atom stereocenters. The van der Waals surface area contributed by atoms with E-state index in [1.54, 1.807) is 39.0 Å². The summed E-state index contributed by atoms with van der Waals surface area (Å²) in [5.41, 5.74) is 1.69. The number of carbonyl (C=O) groups is 3. The van der Waals surface area contributed by atoms with Crippen LogP contribution in [0.5, 0.6) is 11.5 Å². The first-order valence-corrected chi connectivity index (χ1v) is 14.7. The lowest BCUT2D eigenvalue weighted by atomic mass is 9.93. The summed E-state index contributed by atoms with van der Waals surface area (Å²) in [7, 11) is 3.12. The molecule has 222 valence electrons. The Morgan fingerprint density at radius 2 is 1.85 bits per heavy atom. The van der Waals surface area contributed by atoms with Crippen molar-refractivity contribution in [3.8, 4) is 11.5 Å². The summed E-state index contributed by atoms with van der Waals surface area (Å²) in [4.78, 5) is 48.0. The second kappa shape index (κ2) is 12.6. The van der Waals surface area contributed by atoms with Crippen LogP contribution in [-0.2, 0) is 23.9 Å². The van der Waals surface area contributed by atoms with E-state index in [2.05, 4.69) is 0 Å². The number of rotatable bonds is 8. The van der Waals surface area contributed by atoms with Crippen LogP contribution in [0.1, 0.15) is 65.5 Å². The zero-order valence-corrected chi connectivity index (χ0v) is 25.6. The van der Waals surface area contributed by atoms with Gasteiger partial charge in [-0.05, 0) is 70.6 Å². The van der Waals surface area contributed by atoms with Crippen LogP contribution in [0.2, 0.25) is 0 Å². The van der Waals surface area contributed by atoms with Crippen molar-refractivity contribution in [1.29, 1.82) is 0 Å². The van der Waals surface area contributed by atoms with Gasteiger partial charge in [-0.15, -0.1) is 0 Å².